The highest BCUT2D eigenvalue weighted by molar-refractivity contribution is 5.97. The second kappa shape index (κ2) is 11.8. The van der Waals surface area contributed by atoms with Crippen LogP contribution in [0.1, 0.15) is 80.1 Å². The first-order valence-electron chi connectivity index (χ1n) is 13.6. The lowest BCUT2D eigenvalue weighted by Gasteiger charge is -2.31. The summed E-state index contributed by atoms with van der Waals surface area (Å²) in [5, 5.41) is 0. The Balaban J connectivity index is 1.54. The van der Waals surface area contributed by atoms with Crippen molar-refractivity contribution in [1.29, 1.82) is 0 Å². The average Bonchev–Trinajstić information content (AvgIpc) is 3.14. The summed E-state index contributed by atoms with van der Waals surface area (Å²) >= 11 is 0. The van der Waals surface area contributed by atoms with Gasteiger partial charge in [0, 0.05) is 12.0 Å². The van der Waals surface area contributed by atoms with Crippen LogP contribution < -0.4 is 9.47 Å². The Bertz CT molecular complexity index is 1270. The number of rotatable bonds is 10. The monoisotopic (exact) mass is 496 g/mol. The molecule has 4 rings (SSSR count). The Morgan fingerprint density at radius 1 is 1.03 bits per heavy atom. The number of ketones is 1. The molecule has 2 aromatic carbocycles. The maximum absolute atomic E-state index is 13.4. The van der Waals surface area contributed by atoms with Gasteiger partial charge in [-0.15, -0.1) is 0 Å². The Hall–Kier alpha value is -3.33. The highest BCUT2D eigenvalue weighted by Crippen LogP contribution is 2.39. The third-order valence-corrected chi connectivity index (χ3v) is 7.16. The predicted octanol–water partition coefficient (Wildman–Crippen LogP) is 8.27. The molecular formula is C34H40O3. The van der Waals surface area contributed by atoms with Crippen LogP contribution >= 0.6 is 0 Å². The van der Waals surface area contributed by atoms with Crippen molar-refractivity contribution in [3.63, 3.8) is 0 Å². The molecule has 0 unspecified atom stereocenters. The van der Waals surface area contributed by atoms with E-state index in [-0.39, 0.29) is 11.2 Å². The summed E-state index contributed by atoms with van der Waals surface area (Å²) in [6.45, 7) is 11.9. The van der Waals surface area contributed by atoms with E-state index in [1.54, 1.807) is 0 Å². The molecule has 0 radical (unpaired) electrons. The first kappa shape index (κ1) is 26.7. The maximum Gasteiger partial charge on any atom is 0.163 e. The SMILES string of the molecule is CCOc1ccc(C(=O)CCc2c(CC)ccc3c2C(C)=CC(C)(C)C3)cc1OCC1=CCC=CC=C1. The molecule has 194 valence electrons. The van der Waals surface area contributed by atoms with Gasteiger partial charge in [0.25, 0.3) is 0 Å². The van der Waals surface area contributed by atoms with Gasteiger partial charge in [-0.1, -0.05) is 69.4 Å². The summed E-state index contributed by atoms with van der Waals surface area (Å²) in [5.74, 6) is 1.42. The number of carbonyl (C=O) groups excluding carboxylic acids is 1. The summed E-state index contributed by atoms with van der Waals surface area (Å²) in [7, 11) is 0. The van der Waals surface area contributed by atoms with Gasteiger partial charge in [-0.2, -0.15) is 0 Å². The lowest BCUT2D eigenvalue weighted by atomic mass is 9.74. The van der Waals surface area contributed by atoms with E-state index in [0.717, 1.165) is 31.3 Å². The number of aryl methyl sites for hydroxylation is 1. The molecule has 0 saturated carbocycles. The van der Waals surface area contributed by atoms with Crippen LogP contribution in [0.4, 0.5) is 0 Å². The Morgan fingerprint density at radius 3 is 2.65 bits per heavy atom. The predicted molar refractivity (Wildman–Crippen MR) is 154 cm³/mol. The highest BCUT2D eigenvalue weighted by Gasteiger charge is 2.26. The van der Waals surface area contributed by atoms with E-state index in [4.69, 9.17) is 9.47 Å². The summed E-state index contributed by atoms with van der Waals surface area (Å²) in [5.41, 5.74) is 8.71. The Morgan fingerprint density at radius 2 is 1.86 bits per heavy atom. The largest absolute Gasteiger partial charge is 0.490 e. The summed E-state index contributed by atoms with van der Waals surface area (Å²) in [4.78, 5) is 13.4. The molecule has 0 atom stereocenters. The molecule has 3 heteroatoms. The van der Waals surface area contributed by atoms with Crippen LogP contribution in [-0.4, -0.2) is 19.0 Å². The van der Waals surface area contributed by atoms with Crippen LogP contribution in [0.25, 0.3) is 5.57 Å². The van der Waals surface area contributed by atoms with Crippen LogP contribution in [0.5, 0.6) is 11.5 Å². The van der Waals surface area contributed by atoms with E-state index >= 15 is 0 Å². The molecule has 2 aliphatic rings. The summed E-state index contributed by atoms with van der Waals surface area (Å²) < 4.78 is 11.9. The minimum atomic E-state index is 0.128. The number of benzene rings is 2. The number of ether oxygens (including phenoxy) is 2. The molecule has 0 aliphatic heterocycles. The number of hydrogen-bond donors (Lipinski definition) is 0. The molecular weight excluding hydrogens is 456 g/mol. The third kappa shape index (κ3) is 6.52. The molecule has 3 nitrogen and oxygen atoms in total. The van der Waals surface area contributed by atoms with Crippen molar-refractivity contribution < 1.29 is 14.3 Å². The fourth-order valence-electron chi connectivity index (χ4n) is 5.54. The molecule has 0 spiro atoms. The van der Waals surface area contributed by atoms with Crippen molar-refractivity contribution in [3.05, 3.63) is 100 Å². The smallest absolute Gasteiger partial charge is 0.163 e. The summed E-state index contributed by atoms with van der Waals surface area (Å²) in [6.07, 6.45) is 16.9. The van der Waals surface area contributed by atoms with Gasteiger partial charge in [0.05, 0.1) is 6.61 Å². The van der Waals surface area contributed by atoms with E-state index < -0.39 is 0 Å². The lowest BCUT2D eigenvalue weighted by molar-refractivity contribution is 0.0982. The van der Waals surface area contributed by atoms with Crippen LogP contribution in [0.15, 0.2) is 72.4 Å². The van der Waals surface area contributed by atoms with Gasteiger partial charge in [0.2, 0.25) is 0 Å². The zero-order valence-corrected chi connectivity index (χ0v) is 23.0. The molecule has 0 bridgehead atoms. The standard InChI is InChI=1S/C34H40O3/c1-6-26-14-15-28-22-34(4,5)21-24(3)33(28)29(26)17-18-30(35)27-16-19-31(36-7-2)32(20-27)37-23-25-12-10-8-9-11-13-25/h8-10,12-16,19-21H,6-7,11,17-18,22-23H2,1-5H3. The fourth-order valence-corrected chi connectivity index (χ4v) is 5.54. The second-order valence-corrected chi connectivity index (χ2v) is 10.7. The number of Topliss-reactive ketones (excluding diaryl/α,β-unsaturated/α-hetero) is 1. The van der Waals surface area contributed by atoms with Crippen LogP contribution in [0, 0.1) is 5.41 Å². The molecule has 0 saturated heterocycles. The molecule has 0 amide bonds. The van der Waals surface area contributed by atoms with Gasteiger partial charge in [0.15, 0.2) is 17.3 Å². The van der Waals surface area contributed by atoms with Crippen LogP contribution in [-0.2, 0) is 19.3 Å². The molecule has 0 heterocycles. The topological polar surface area (TPSA) is 35.5 Å². The van der Waals surface area contributed by atoms with Crippen molar-refractivity contribution in [1.82, 2.24) is 0 Å². The number of fused-ring (bicyclic) bond motifs is 1. The van der Waals surface area contributed by atoms with E-state index in [1.807, 2.05) is 37.3 Å². The molecule has 37 heavy (non-hydrogen) atoms. The minimum Gasteiger partial charge on any atom is -0.490 e. The van der Waals surface area contributed by atoms with Gasteiger partial charge in [0.1, 0.15) is 6.61 Å². The van der Waals surface area contributed by atoms with Gasteiger partial charge in [-0.25, -0.2) is 0 Å². The zero-order valence-electron chi connectivity index (χ0n) is 23.0. The Kier molecular flexibility index (Phi) is 8.53. The first-order chi connectivity index (χ1) is 17.8. The van der Waals surface area contributed by atoms with Crippen molar-refractivity contribution in [3.8, 4) is 11.5 Å². The van der Waals surface area contributed by atoms with Crippen molar-refractivity contribution in [2.24, 2.45) is 5.41 Å². The van der Waals surface area contributed by atoms with E-state index in [9.17, 15) is 4.79 Å². The normalized spacial score (nSPS) is 15.9. The molecule has 2 aliphatic carbocycles. The van der Waals surface area contributed by atoms with Crippen LogP contribution in [0.2, 0.25) is 0 Å². The quantitative estimate of drug-likeness (QED) is 0.311. The highest BCUT2D eigenvalue weighted by atomic mass is 16.5. The molecule has 0 fully saturated rings. The maximum atomic E-state index is 13.4. The van der Waals surface area contributed by atoms with E-state index in [0.29, 0.717) is 36.7 Å². The van der Waals surface area contributed by atoms with E-state index in [1.165, 1.54) is 27.8 Å². The number of carbonyl (C=O) groups is 1. The van der Waals surface area contributed by atoms with Crippen molar-refractivity contribution in [2.75, 3.05) is 13.2 Å². The Labute approximate surface area is 222 Å². The third-order valence-electron chi connectivity index (χ3n) is 7.16. The molecule has 2 aromatic rings. The second-order valence-electron chi connectivity index (χ2n) is 10.7. The van der Waals surface area contributed by atoms with E-state index in [2.05, 4.69) is 64.1 Å². The molecule has 0 N–H and O–H groups in total. The zero-order chi connectivity index (χ0) is 26.4. The fraction of sp³-hybridized carbons (Fsp3) is 0.382. The number of allylic oxidation sites excluding steroid dienone is 6. The molecule has 0 aromatic heterocycles. The van der Waals surface area contributed by atoms with Gasteiger partial charge < -0.3 is 9.47 Å². The summed E-state index contributed by atoms with van der Waals surface area (Å²) in [6, 6.07) is 10.1. The van der Waals surface area contributed by atoms with Crippen molar-refractivity contribution in [2.45, 2.75) is 66.7 Å². The minimum absolute atomic E-state index is 0.128. The van der Waals surface area contributed by atoms with Gasteiger partial charge in [-0.05, 0) is 96.5 Å². The first-order valence-corrected chi connectivity index (χ1v) is 13.6. The average molecular weight is 497 g/mol. The van der Waals surface area contributed by atoms with Crippen LogP contribution in [0.3, 0.4) is 0 Å². The van der Waals surface area contributed by atoms with Gasteiger partial charge in [-0.3, -0.25) is 4.79 Å². The lowest BCUT2D eigenvalue weighted by Crippen LogP contribution is -2.19. The van der Waals surface area contributed by atoms with Crippen molar-refractivity contribution >= 4 is 11.4 Å². The van der Waals surface area contributed by atoms with Gasteiger partial charge >= 0.3 is 0 Å². The number of hydrogen-bond acceptors (Lipinski definition) is 3.